The largest absolute Gasteiger partial charge is 0.416 e. The van der Waals surface area contributed by atoms with Crippen molar-refractivity contribution in [1.29, 1.82) is 0 Å². The van der Waals surface area contributed by atoms with Crippen molar-refractivity contribution >= 4 is 34.1 Å². The number of aryl methyl sites for hydroxylation is 1. The van der Waals surface area contributed by atoms with Gasteiger partial charge in [-0.2, -0.15) is 17.9 Å². The Morgan fingerprint density at radius 2 is 1.94 bits per heavy atom. The standard InChI is InChI=1S/C22H19F3N6OS2/c1-2-14-6-8-17(9-7-14)31-21(28-29-30-31)33-13-19(32)27-20-26-12-18(34-20)11-15-4-3-5-16(10-15)22(23,24)25/h3-10,12H,2,11,13H2,1H3,(H,26,27,32). The number of amides is 1. The van der Waals surface area contributed by atoms with Crippen molar-refractivity contribution in [1.82, 2.24) is 25.2 Å². The third-order valence-corrected chi connectivity index (χ3v) is 6.63. The lowest BCUT2D eigenvalue weighted by Gasteiger charge is -2.07. The van der Waals surface area contributed by atoms with Crippen molar-refractivity contribution in [2.24, 2.45) is 0 Å². The van der Waals surface area contributed by atoms with Gasteiger partial charge >= 0.3 is 6.18 Å². The van der Waals surface area contributed by atoms with E-state index in [1.165, 1.54) is 34.7 Å². The average molecular weight is 505 g/mol. The number of hydrogen-bond donors (Lipinski definition) is 1. The van der Waals surface area contributed by atoms with Gasteiger partial charge in [0.1, 0.15) is 0 Å². The minimum absolute atomic E-state index is 0.0654. The van der Waals surface area contributed by atoms with Gasteiger partial charge in [0.25, 0.3) is 0 Å². The molecule has 2 heterocycles. The van der Waals surface area contributed by atoms with Crippen LogP contribution in [0.25, 0.3) is 5.69 Å². The Labute approximate surface area is 201 Å². The Morgan fingerprint density at radius 1 is 1.15 bits per heavy atom. The number of thiazole rings is 1. The highest BCUT2D eigenvalue weighted by atomic mass is 32.2. The Morgan fingerprint density at radius 3 is 2.68 bits per heavy atom. The van der Waals surface area contributed by atoms with E-state index < -0.39 is 11.7 Å². The second-order valence-corrected chi connectivity index (χ2v) is 9.29. The molecule has 12 heteroatoms. The van der Waals surface area contributed by atoms with Gasteiger partial charge in [-0.25, -0.2) is 4.98 Å². The maximum absolute atomic E-state index is 12.9. The van der Waals surface area contributed by atoms with E-state index >= 15 is 0 Å². The number of alkyl halides is 3. The smallest absolute Gasteiger partial charge is 0.301 e. The first kappa shape index (κ1) is 23.9. The first-order valence-corrected chi connectivity index (χ1v) is 12.0. The van der Waals surface area contributed by atoms with Crippen LogP contribution in [0.3, 0.4) is 0 Å². The molecule has 4 rings (SSSR count). The van der Waals surface area contributed by atoms with Crippen LogP contribution < -0.4 is 5.32 Å². The molecule has 2 aromatic carbocycles. The molecule has 4 aromatic rings. The van der Waals surface area contributed by atoms with Crippen LogP contribution in [0.5, 0.6) is 0 Å². The number of rotatable bonds is 8. The molecule has 1 amide bonds. The molecule has 0 saturated heterocycles. The van der Waals surface area contributed by atoms with E-state index in [-0.39, 0.29) is 18.1 Å². The van der Waals surface area contributed by atoms with Gasteiger partial charge in [-0.05, 0) is 46.2 Å². The van der Waals surface area contributed by atoms with Crippen LogP contribution in [-0.4, -0.2) is 36.9 Å². The monoisotopic (exact) mass is 504 g/mol. The number of carbonyl (C=O) groups excluding carboxylic acids is 1. The number of hydrogen-bond acceptors (Lipinski definition) is 7. The summed E-state index contributed by atoms with van der Waals surface area (Å²) in [6.45, 7) is 2.07. The Balaban J connectivity index is 1.33. The molecule has 0 fully saturated rings. The minimum Gasteiger partial charge on any atom is -0.301 e. The first-order valence-electron chi connectivity index (χ1n) is 10.2. The normalized spacial score (nSPS) is 11.5. The second-order valence-electron chi connectivity index (χ2n) is 7.24. The molecular formula is C22H19F3N6OS2. The van der Waals surface area contributed by atoms with Crippen LogP contribution in [0.4, 0.5) is 18.3 Å². The molecule has 0 saturated carbocycles. The van der Waals surface area contributed by atoms with Crippen molar-refractivity contribution in [3.05, 3.63) is 76.3 Å². The fourth-order valence-corrected chi connectivity index (χ4v) is 4.65. The number of benzene rings is 2. The summed E-state index contributed by atoms with van der Waals surface area (Å²) in [5.74, 6) is -0.225. The quantitative estimate of drug-likeness (QED) is 0.339. The molecule has 7 nitrogen and oxygen atoms in total. The molecule has 34 heavy (non-hydrogen) atoms. The molecule has 0 aliphatic heterocycles. The molecule has 0 radical (unpaired) electrons. The molecule has 1 N–H and O–H groups in total. The molecule has 0 atom stereocenters. The fourth-order valence-electron chi connectivity index (χ4n) is 3.10. The number of thioether (sulfide) groups is 1. The number of anilines is 1. The summed E-state index contributed by atoms with van der Waals surface area (Å²) in [6, 6.07) is 13.0. The SMILES string of the molecule is CCc1ccc(-n2nnnc2SCC(=O)Nc2ncc(Cc3cccc(C(F)(F)F)c3)s2)cc1. The van der Waals surface area contributed by atoms with Crippen LogP contribution in [-0.2, 0) is 23.8 Å². The van der Waals surface area contributed by atoms with Crippen molar-refractivity contribution in [2.45, 2.75) is 31.1 Å². The summed E-state index contributed by atoms with van der Waals surface area (Å²) < 4.78 is 40.3. The number of tetrazole rings is 1. The number of nitrogens with one attached hydrogen (secondary N) is 1. The van der Waals surface area contributed by atoms with E-state index in [0.717, 1.165) is 29.1 Å². The van der Waals surface area contributed by atoms with Gasteiger partial charge in [-0.15, -0.1) is 16.4 Å². The maximum Gasteiger partial charge on any atom is 0.416 e. The van der Waals surface area contributed by atoms with Gasteiger partial charge < -0.3 is 5.32 Å². The van der Waals surface area contributed by atoms with Gasteiger partial charge in [0.2, 0.25) is 11.1 Å². The van der Waals surface area contributed by atoms with Gasteiger partial charge in [0.15, 0.2) is 5.13 Å². The predicted octanol–water partition coefficient (Wildman–Crippen LogP) is 5.02. The van der Waals surface area contributed by atoms with Crippen molar-refractivity contribution in [2.75, 3.05) is 11.1 Å². The van der Waals surface area contributed by atoms with Crippen LogP contribution in [0.1, 0.15) is 28.5 Å². The van der Waals surface area contributed by atoms with Gasteiger partial charge in [-0.1, -0.05) is 49.0 Å². The van der Waals surface area contributed by atoms with Crippen molar-refractivity contribution in [3.8, 4) is 5.69 Å². The van der Waals surface area contributed by atoms with E-state index in [2.05, 4.69) is 32.7 Å². The van der Waals surface area contributed by atoms with E-state index in [0.29, 0.717) is 15.9 Å². The molecule has 0 unspecified atom stereocenters. The molecule has 176 valence electrons. The van der Waals surface area contributed by atoms with Gasteiger partial charge in [0, 0.05) is 17.5 Å². The second kappa shape index (κ2) is 10.3. The first-order chi connectivity index (χ1) is 16.3. The number of nitrogens with zero attached hydrogens (tertiary/aromatic N) is 5. The zero-order chi connectivity index (χ0) is 24.1. The number of aromatic nitrogens is 5. The lowest BCUT2D eigenvalue weighted by molar-refractivity contribution is -0.137. The Bertz CT molecular complexity index is 1270. The van der Waals surface area contributed by atoms with Gasteiger partial charge in [0.05, 0.1) is 17.0 Å². The number of halogens is 3. The third kappa shape index (κ3) is 6.00. The summed E-state index contributed by atoms with van der Waals surface area (Å²) in [5.41, 5.74) is 1.82. The zero-order valence-electron chi connectivity index (χ0n) is 17.9. The van der Waals surface area contributed by atoms with Crippen molar-refractivity contribution in [3.63, 3.8) is 0 Å². The molecule has 0 aliphatic rings. The summed E-state index contributed by atoms with van der Waals surface area (Å²) in [7, 11) is 0. The minimum atomic E-state index is -4.39. The lowest BCUT2D eigenvalue weighted by Crippen LogP contribution is -2.14. The van der Waals surface area contributed by atoms with Crippen LogP contribution in [0.15, 0.2) is 59.9 Å². The average Bonchev–Trinajstić information content (AvgIpc) is 3.47. The molecule has 0 aliphatic carbocycles. The molecule has 0 spiro atoms. The van der Waals surface area contributed by atoms with Crippen LogP contribution in [0.2, 0.25) is 0 Å². The fraction of sp³-hybridized carbons (Fsp3) is 0.227. The van der Waals surface area contributed by atoms with Crippen LogP contribution in [0, 0.1) is 0 Å². The van der Waals surface area contributed by atoms with E-state index in [4.69, 9.17) is 0 Å². The Hall–Kier alpha value is -3.25. The highest BCUT2D eigenvalue weighted by Crippen LogP contribution is 2.30. The topological polar surface area (TPSA) is 85.6 Å². The third-order valence-electron chi connectivity index (χ3n) is 4.80. The van der Waals surface area contributed by atoms with Crippen LogP contribution >= 0.6 is 23.1 Å². The highest BCUT2D eigenvalue weighted by molar-refractivity contribution is 7.99. The lowest BCUT2D eigenvalue weighted by atomic mass is 10.1. The maximum atomic E-state index is 12.9. The van der Waals surface area contributed by atoms with Crippen molar-refractivity contribution < 1.29 is 18.0 Å². The van der Waals surface area contributed by atoms with E-state index in [1.54, 1.807) is 16.9 Å². The summed E-state index contributed by atoms with van der Waals surface area (Å²) in [5, 5.41) is 15.2. The molecule has 0 bridgehead atoms. The predicted molar refractivity (Wildman–Crippen MR) is 124 cm³/mol. The van der Waals surface area contributed by atoms with Gasteiger partial charge in [-0.3, -0.25) is 4.79 Å². The Kier molecular flexibility index (Phi) is 7.27. The van der Waals surface area contributed by atoms with E-state index in [1.807, 2.05) is 24.3 Å². The summed E-state index contributed by atoms with van der Waals surface area (Å²) in [4.78, 5) is 17.3. The zero-order valence-corrected chi connectivity index (χ0v) is 19.5. The molecule has 2 aromatic heterocycles. The molecular weight excluding hydrogens is 485 g/mol. The number of carbonyl (C=O) groups is 1. The summed E-state index contributed by atoms with van der Waals surface area (Å²) in [6.07, 6.45) is -1.62. The summed E-state index contributed by atoms with van der Waals surface area (Å²) >= 11 is 2.40. The van der Waals surface area contributed by atoms with E-state index in [9.17, 15) is 18.0 Å². The highest BCUT2D eigenvalue weighted by Gasteiger charge is 2.30.